The van der Waals surface area contributed by atoms with Gasteiger partial charge in [-0.05, 0) is 13.0 Å². The predicted octanol–water partition coefficient (Wildman–Crippen LogP) is 1.78. The summed E-state index contributed by atoms with van der Waals surface area (Å²) in [5, 5.41) is 11.6. The predicted molar refractivity (Wildman–Crippen MR) is 50.5 cm³/mol. The number of carboxylic acids is 1. The van der Waals surface area contributed by atoms with Gasteiger partial charge in [0, 0.05) is 12.7 Å². The lowest BCUT2D eigenvalue weighted by atomic mass is 10.2. The van der Waals surface area contributed by atoms with Crippen LogP contribution in [0.1, 0.15) is 16.1 Å². The minimum absolute atomic E-state index is 0.00904. The number of nitrogens with zero attached hydrogens (tertiary/aromatic N) is 1. The van der Waals surface area contributed by atoms with Gasteiger partial charge in [0.15, 0.2) is 0 Å². The van der Waals surface area contributed by atoms with Gasteiger partial charge in [0.1, 0.15) is 10.7 Å². The van der Waals surface area contributed by atoms with E-state index in [1.54, 1.807) is 20.0 Å². The number of aromatic nitrogens is 1. The van der Waals surface area contributed by atoms with Crippen molar-refractivity contribution in [2.24, 2.45) is 0 Å². The lowest BCUT2D eigenvalue weighted by molar-refractivity contribution is 0.0697. The van der Waals surface area contributed by atoms with Crippen LogP contribution in [0.15, 0.2) is 6.07 Å². The normalized spacial score (nSPS) is 9.77. The van der Waals surface area contributed by atoms with Crippen molar-refractivity contribution in [3.05, 3.63) is 22.5 Å². The zero-order valence-corrected chi connectivity index (χ0v) is 8.01. The molecule has 0 saturated heterocycles. The number of halogens is 1. The van der Waals surface area contributed by atoms with Crippen molar-refractivity contribution in [1.29, 1.82) is 0 Å². The number of hydrogen-bond donors (Lipinski definition) is 2. The van der Waals surface area contributed by atoms with Gasteiger partial charge < -0.3 is 10.4 Å². The standard InChI is InChI=1S/C8H9ClN2O2/c1-4-3-5(10-2)6(8(12)13)7(9)11-4/h3H,1-2H3,(H,10,11)(H,12,13). The molecule has 0 saturated carbocycles. The Balaban J connectivity index is 3.38. The third-order valence-electron chi connectivity index (χ3n) is 1.59. The topological polar surface area (TPSA) is 62.2 Å². The van der Waals surface area contributed by atoms with Crippen molar-refractivity contribution in [3.8, 4) is 0 Å². The van der Waals surface area contributed by atoms with E-state index >= 15 is 0 Å². The van der Waals surface area contributed by atoms with Crippen molar-refractivity contribution in [1.82, 2.24) is 4.98 Å². The summed E-state index contributed by atoms with van der Waals surface area (Å²) in [4.78, 5) is 14.6. The highest BCUT2D eigenvalue weighted by molar-refractivity contribution is 6.33. The summed E-state index contributed by atoms with van der Waals surface area (Å²) in [7, 11) is 1.64. The molecule has 0 unspecified atom stereocenters. The van der Waals surface area contributed by atoms with Gasteiger partial charge in [-0.15, -0.1) is 0 Å². The largest absolute Gasteiger partial charge is 0.478 e. The zero-order valence-electron chi connectivity index (χ0n) is 7.26. The third-order valence-corrected chi connectivity index (χ3v) is 1.86. The van der Waals surface area contributed by atoms with Crippen LogP contribution < -0.4 is 5.32 Å². The second-order valence-electron chi connectivity index (χ2n) is 2.53. The van der Waals surface area contributed by atoms with Crippen LogP contribution in [-0.4, -0.2) is 23.1 Å². The van der Waals surface area contributed by atoms with Crippen LogP contribution in [0, 0.1) is 6.92 Å². The second-order valence-corrected chi connectivity index (χ2v) is 2.89. The zero-order chi connectivity index (χ0) is 10.0. The Morgan fingerprint density at radius 2 is 2.31 bits per heavy atom. The summed E-state index contributed by atoms with van der Waals surface area (Å²) in [6.45, 7) is 1.75. The molecule has 0 aliphatic heterocycles. The highest BCUT2D eigenvalue weighted by atomic mass is 35.5. The maximum absolute atomic E-state index is 10.7. The van der Waals surface area contributed by atoms with E-state index in [4.69, 9.17) is 16.7 Å². The summed E-state index contributed by atoms with van der Waals surface area (Å²) in [6.07, 6.45) is 0. The quantitative estimate of drug-likeness (QED) is 0.715. The first-order valence-electron chi connectivity index (χ1n) is 3.64. The Morgan fingerprint density at radius 3 is 2.77 bits per heavy atom. The molecular formula is C8H9ClN2O2. The number of rotatable bonds is 2. The van der Waals surface area contributed by atoms with Crippen molar-refractivity contribution >= 4 is 23.3 Å². The molecule has 70 valence electrons. The van der Waals surface area contributed by atoms with Crippen LogP contribution in [0.25, 0.3) is 0 Å². The lowest BCUT2D eigenvalue weighted by Gasteiger charge is -2.07. The van der Waals surface area contributed by atoms with Crippen LogP contribution in [0.4, 0.5) is 5.69 Å². The number of carbonyl (C=O) groups is 1. The third kappa shape index (κ3) is 1.89. The van der Waals surface area contributed by atoms with Gasteiger partial charge >= 0.3 is 5.97 Å². The van der Waals surface area contributed by atoms with Gasteiger partial charge in [-0.2, -0.15) is 0 Å². The minimum Gasteiger partial charge on any atom is -0.478 e. The first-order chi connectivity index (χ1) is 6.06. The number of aryl methyl sites for hydroxylation is 1. The Labute approximate surface area is 80.6 Å². The number of aromatic carboxylic acids is 1. The maximum Gasteiger partial charge on any atom is 0.340 e. The van der Waals surface area contributed by atoms with Gasteiger partial charge in [-0.1, -0.05) is 11.6 Å². The van der Waals surface area contributed by atoms with Gasteiger partial charge in [0.25, 0.3) is 0 Å². The van der Waals surface area contributed by atoms with Crippen LogP contribution in [0.2, 0.25) is 5.15 Å². The molecule has 2 N–H and O–H groups in total. The molecule has 1 aromatic rings. The van der Waals surface area contributed by atoms with E-state index in [-0.39, 0.29) is 10.7 Å². The monoisotopic (exact) mass is 200 g/mol. The first-order valence-corrected chi connectivity index (χ1v) is 4.02. The highest BCUT2D eigenvalue weighted by Gasteiger charge is 2.15. The molecule has 13 heavy (non-hydrogen) atoms. The van der Waals surface area contributed by atoms with Gasteiger partial charge in [-0.3, -0.25) is 0 Å². The van der Waals surface area contributed by atoms with E-state index in [1.807, 2.05) is 0 Å². The second kappa shape index (κ2) is 3.62. The maximum atomic E-state index is 10.7. The summed E-state index contributed by atoms with van der Waals surface area (Å²) in [5.41, 5.74) is 1.17. The molecule has 1 rings (SSSR count). The molecule has 0 amide bonds. The van der Waals surface area contributed by atoms with E-state index in [2.05, 4.69) is 10.3 Å². The lowest BCUT2D eigenvalue weighted by Crippen LogP contribution is -2.05. The fourth-order valence-electron chi connectivity index (χ4n) is 1.04. The van der Waals surface area contributed by atoms with Crippen molar-refractivity contribution in [3.63, 3.8) is 0 Å². The fraction of sp³-hybridized carbons (Fsp3) is 0.250. The fourth-order valence-corrected chi connectivity index (χ4v) is 1.35. The Kier molecular flexibility index (Phi) is 2.72. The molecule has 5 heteroatoms. The number of nitrogens with one attached hydrogen (secondary N) is 1. The van der Waals surface area contributed by atoms with Gasteiger partial charge in [0.05, 0.1) is 5.69 Å². The summed E-state index contributed by atoms with van der Waals surface area (Å²) < 4.78 is 0. The van der Waals surface area contributed by atoms with E-state index in [0.717, 1.165) is 0 Å². The molecule has 0 spiro atoms. The van der Waals surface area contributed by atoms with E-state index in [0.29, 0.717) is 11.4 Å². The molecule has 0 bridgehead atoms. The molecule has 0 fully saturated rings. The molecule has 0 atom stereocenters. The number of hydrogen-bond acceptors (Lipinski definition) is 3. The van der Waals surface area contributed by atoms with Crippen molar-refractivity contribution in [2.45, 2.75) is 6.92 Å². The van der Waals surface area contributed by atoms with Crippen molar-refractivity contribution in [2.75, 3.05) is 12.4 Å². The summed E-state index contributed by atoms with van der Waals surface area (Å²) in [5.74, 6) is -1.08. The minimum atomic E-state index is -1.08. The van der Waals surface area contributed by atoms with E-state index in [1.165, 1.54) is 0 Å². The first kappa shape index (κ1) is 9.80. The number of carboxylic acid groups (broad SMARTS) is 1. The van der Waals surface area contributed by atoms with Gasteiger partial charge in [-0.25, -0.2) is 9.78 Å². The van der Waals surface area contributed by atoms with E-state index in [9.17, 15) is 4.79 Å². The van der Waals surface area contributed by atoms with Crippen LogP contribution in [-0.2, 0) is 0 Å². The average Bonchev–Trinajstić information content (AvgIpc) is 2.01. The molecule has 0 radical (unpaired) electrons. The molecule has 1 heterocycles. The average molecular weight is 201 g/mol. The van der Waals surface area contributed by atoms with Crippen molar-refractivity contribution < 1.29 is 9.90 Å². The molecule has 0 aliphatic carbocycles. The Hall–Kier alpha value is -1.29. The van der Waals surface area contributed by atoms with Crippen LogP contribution >= 0.6 is 11.6 Å². The van der Waals surface area contributed by atoms with Crippen LogP contribution in [0.3, 0.4) is 0 Å². The summed E-state index contributed by atoms with van der Waals surface area (Å²) >= 11 is 5.68. The Morgan fingerprint density at radius 1 is 1.69 bits per heavy atom. The molecule has 0 aromatic carbocycles. The molecular weight excluding hydrogens is 192 g/mol. The van der Waals surface area contributed by atoms with Gasteiger partial charge in [0.2, 0.25) is 0 Å². The molecule has 0 aliphatic rings. The number of anilines is 1. The summed E-state index contributed by atoms with van der Waals surface area (Å²) in [6, 6.07) is 1.63. The van der Waals surface area contributed by atoms with E-state index < -0.39 is 5.97 Å². The highest BCUT2D eigenvalue weighted by Crippen LogP contribution is 2.23. The molecule has 1 aromatic heterocycles. The van der Waals surface area contributed by atoms with Crippen LogP contribution in [0.5, 0.6) is 0 Å². The molecule has 4 nitrogen and oxygen atoms in total. The Bertz CT molecular complexity index is 352. The number of pyridine rings is 1. The smallest absolute Gasteiger partial charge is 0.340 e. The SMILES string of the molecule is CNc1cc(C)nc(Cl)c1C(=O)O.